The second kappa shape index (κ2) is 5.36. The lowest BCUT2D eigenvalue weighted by molar-refractivity contribution is -0.145. The fourth-order valence-corrected chi connectivity index (χ4v) is 2.91. The zero-order chi connectivity index (χ0) is 15.0. The number of hydrogen-bond donors (Lipinski definition) is 1. The first-order chi connectivity index (χ1) is 10.1. The molecule has 8 heteroatoms. The van der Waals surface area contributed by atoms with Crippen molar-refractivity contribution in [3.8, 4) is 0 Å². The molecule has 3 aliphatic heterocycles. The van der Waals surface area contributed by atoms with E-state index in [-0.39, 0.29) is 37.2 Å². The van der Waals surface area contributed by atoms with E-state index in [1.165, 1.54) is 0 Å². The van der Waals surface area contributed by atoms with E-state index in [1.807, 2.05) is 0 Å². The highest BCUT2D eigenvalue weighted by Crippen LogP contribution is 2.47. The third-order valence-corrected chi connectivity index (χ3v) is 3.81. The highest BCUT2D eigenvalue weighted by molar-refractivity contribution is 5.81. The van der Waals surface area contributed by atoms with Crippen molar-refractivity contribution >= 4 is 18.0 Å². The number of ether oxygens (including phenoxy) is 4. The summed E-state index contributed by atoms with van der Waals surface area (Å²) in [6.07, 6.45) is -0.774. The van der Waals surface area contributed by atoms with Gasteiger partial charge in [0.1, 0.15) is 12.7 Å². The molecule has 0 aromatic rings. The van der Waals surface area contributed by atoms with Crippen molar-refractivity contribution in [3.05, 3.63) is 12.7 Å². The maximum absolute atomic E-state index is 11.7. The van der Waals surface area contributed by atoms with E-state index in [0.29, 0.717) is 6.42 Å². The van der Waals surface area contributed by atoms with Crippen molar-refractivity contribution in [3.63, 3.8) is 0 Å². The summed E-state index contributed by atoms with van der Waals surface area (Å²) in [4.78, 5) is 34.0. The van der Waals surface area contributed by atoms with E-state index in [0.717, 1.165) is 6.08 Å². The van der Waals surface area contributed by atoms with Gasteiger partial charge in [0.05, 0.1) is 18.6 Å². The standard InChI is InChI=1S/C13H15NO7/c1-2-8(15)18-4-3-14-13(17)21-10-7-5-6-9(19-7)11(10)20-12(6)16/h2,6-7,9-11H,1,3-5H2,(H,14,17). The van der Waals surface area contributed by atoms with Crippen LogP contribution in [0.2, 0.25) is 0 Å². The maximum atomic E-state index is 11.7. The van der Waals surface area contributed by atoms with Crippen LogP contribution in [0.3, 0.4) is 0 Å². The average molecular weight is 297 g/mol. The SMILES string of the molecule is C=CC(=O)OCCNC(=O)OC1C2CC3C(=O)OC1C3O2. The lowest BCUT2D eigenvalue weighted by Gasteiger charge is -2.22. The maximum Gasteiger partial charge on any atom is 0.407 e. The van der Waals surface area contributed by atoms with Gasteiger partial charge >= 0.3 is 18.0 Å². The van der Waals surface area contributed by atoms with Crippen molar-refractivity contribution in [2.75, 3.05) is 13.2 Å². The van der Waals surface area contributed by atoms with Crippen LogP contribution in [-0.4, -0.2) is 55.6 Å². The summed E-state index contributed by atoms with van der Waals surface area (Å²) in [5, 5.41) is 2.45. The summed E-state index contributed by atoms with van der Waals surface area (Å²) in [5.41, 5.74) is 0. The van der Waals surface area contributed by atoms with Crippen molar-refractivity contribution in [1.29, 1.82) is 0 Å². The Balaban J connectivity index is 1.43. The molecule has 114 valence electrons. The number of nitrogens with one attached hydrogen (secondary N) is 1. The molecule has 21 heavy (non-hydrogen) atoms. The van der Waals surface area contributed by atoms with E-state index < -0.39 is 24.3 Å². The topological polar surface area (TPSA) is 100 Å². The molecule has 5 atom stereocenters. The van der Waals surface area contributed by atoms with Crippen LogP contribution >= 0.6 is 0 Å². The zero-order valence-electron chi connectivity index (χ0n) is 11.2. The molecule has 3 saturated heterocycles. The summed E-state index contributed by atoms with van der Waals surface area (Å²) in [7, 11) is 0. The van der Waals surface area contributed by atoms with Crippen LogP contribution < -0.4 is 5.32 Å². The van der Waals surface area contributed by atoms with Gasteiger partial charge in [0.15, 0.2) is 12.2 Å². The van der Waals surface area contributed by atoms with Crippen LogP contribution in [0.5, 0.6) is 0 Å². The molecule has 0 saturated carbocycles. The molecule has 2 bridgehead atoms. The molecule has 3 fully saturated rings. The first-order valence-corrected chi connectivity index (χ1v) is 6.70. The second-order valence-electron chi connectivity index (χ2n) is 5.05. The Hall–Kier alpha value is -2.09. The Morgan fingerprint density at radius 1 is 1.43 bits per heavy atom. The van der Waals surface area contributed by atoms with Gasteiger partial charge in [-0.2, -0.15) is 0 Å². The minimum atomic E-state index is -0.662. The van der Waals surface area contributed by atoms with Gasteiger partial charge in [-0.3, -0.25) is 4.79 Å². The Labute approximate surface area is 120 Å². The van der Waals surface area contributed by atoms with E-state index in [2.05, 4.69) is 11.9 Å². The number of alkyl carbamates (subject to hydrolysis) is 1. The molecule has 3 aliphatic rings. The Kier molecular flexibility index (Phi) is 3.54. The highest BCUT2D eigenvalue weighted by Gasteiger charge is 2.65. The van der Waals surface area contributed by atoms with Crippen molar-refractivity contribution in [2.45, 2.75) is 30.8 Å². The van der Waals surface area contributed by atoms with Crippen LogP contribution in [0, 0.1) is 5.92 Å². The number of carbonyl (C=O) groups is 3. The molecule has 0 spiro atoms. The lowest BCUT2D eigenvalue weighted by atomic mass is 9.88. The van der Waals surface area contributed by atoms with E-state index in [1.54, 1.807) is 0 Å². The number of hydrogen-bond acceptors (Lipinski definition) is 7. The highest BCUT2D eigenvalue weighted by atomic mass is 16.7. The third-order valence-electron chi connectivity index (χ3n) is 3.81. The number of esters is 2. The number of fused-ring (bicyclic) bond motifs is 1. The molecule has 0 radical (unpaired) electrons. The minimum Gasteiger partial charge on any atom is -0.461 e. The Morgan fingerprint density at radius 3 is 3.00 bits per heavy atom. The first-order valence-electron chi connectivity index (χ1n) is 6.70. The lowest BCUT2D eigenvalue weighted by Crippen LogP contribution is -2.42. The molecule has 3 rings (SSSR count). The minimum absolute atomic E-state index is 0.0215. The van der Waals surface area contributed by atoms with Crippen LogP contribution in [0.25, 0.3) is 0 Å². The van der Waals surface area contributed by atoms with E-state index in [9.17, 15) is 14.4 Å². The van der Waals surface area contributed by atoms with Crippen LogP contribution in [0.15, 0.2) is 12.7 Å². The molecule has 1 N–H and O–H groups in total. The molecule has 0 aliphatic carbocycles. The molecular formula is C13H15NO7. The first kappa shape index (κ1) is 13.9. The predicted molar refractivity (Wildman–Crippen MR) is 66.1 cm³/mol. The fourth-order valence-electron chi connectivity index (χ4n) is 2.91. The Bertz CT molecular complexity index is 491. The van der Waals surface area contributed by atoms with Gasteiger partial charge in [-0.25, -0.2) is 9.59 Å². The third kappa shape index (κ3) is 2.46. The molecule has 5 unspecified atom stereocenters. The van der Waals surface area contributed by atoms with Gasteiger partial charge in [-0.1, -0.05) is 6.58 Å². The van der Waals surface area contributed by atoms with Gasteiger partial charge in [-0.05, 0) is 6.42 Å². The van der Waals surface area contributed by atoms with E-state index >= 15 is 0 Å². The van der Waals surface area contributed by atoms with Crippen molar-refractivity contribution < 1.29 is 33.3 Å². The summed E-state index contributed by atoms with van der Waals surface area (Å²) in [6, 6.07) is 0. The number of carbonyl (C=O) groups excluding carboxylic acids is 3. The largest absolute Gasteiger partial charge is 0.461 e. The van der Waals surface area contributed by atoms with Gasteiger partial charge < -0.3 is 24.3 Å². The molecule has 3 heterocycles. The fraction of sp³-hybridized carbons (Fsp3) is 0.615. The predicted octanol–water partition coefficient (Wildman–Crippen LogP) is -0.477. The molecule has 8 nitrogen and oxygen atoms in total. The normalized spacial score (nSPS) is 35.2. The number of amides is 1. The Morgan fingerprint density at radius 2 is 2.24 bits per heavy atom. The quantitative estimate of drug-likeness (QED) is 0.317. The van der Waals surface area contributed by atoms with Crippen LogP contribution in [0.1, 0.15) is 6.42 Å². The molecular weight excluding hydrogens is 282 g/mol. The van der Waals surface area contributed by atoms with Gasteiger partial charge in [0.2, 0.25) is 0 Å². The van der Waals surface area contributed by atoms with Crippen LogP contribution in [0.4, 0.5) is 4.79 Å². The molecule has 1 amide bonds. The molecule has 0 aromatic carbocycles. The van der Waals surface area contributed by atoms with E-state index in [4.69, 9.17) is 18.9 Å². The summed E-state index contributed by atoms with van der Waals surface area (Å²) < 4.78 is 20.7. The van der Waals surface area contributed by atoms with Crippen LogP contribution in [-0.2, 0) is 28.5 Å². The average Bonchev–Trinajstić information content (AvgIpc) is 3.08. The van der Waals surface area contributed by atoms with Gasteiger partial charge in [-0.15, -0.1) is 0 Å². The summed E-state index contributed by atoms with van der Waals surface area (Å²) in [6.45, 7) is 3.39. The monoisotopic (exact) mass is 297 g/mol. The van der Waals surface area contributed by atoms with Crippen molar-refractivity contribution in [2.24, 2.45) is 5.92 Å². The second-order valence-corrected chi connectivity index (χ2v) is 5.05. The van der Waals surface area contributed by atoms with Gasteiger partial charge in [0.25, 0.3) is 0 Å². The summed E-state index contributed by atoms with van der Waals surface area (Å²) >= 11 is 0. The number of rotatable bonds is 5. The summed E-state index contributed by atoms with van der Waals surface area (Å²) in [5.74, 6) is -1.06. The zero-order valence-corrected chi connectivity index (χ0v) is 11.2. The smallest absolute Gasteiger partial charge is 0.407 e. The molecule has 0 aromatic heterocycles. The van der Waals surface area contributed by atoms with Gasteiger partial charge in [0, 0.05) is 6.08 Å². The van der Waals surface area contributed by atoms with Crippen molar-refractivity contribution in [1.82, 2.24) is 5.32 Å².